The normalized spacial score (nSPS) is 15.4. The molecule has 28 heavy (non-hydrogen) atoms. The summed E-state index contributed by atoms with van der Waals surface area (Å²) < 4.78 is 5.68. The Hall–Kier alpha value is -2.33. The average molecular weight is 381 g/mol. The lowest BCUT2D eigenvalue weighted by atomic mass is 9.99. The smallest absolute Gasteiger partial charge is 0.251 e. The van der Waals surface area contributed by atoms with E-state index in [0.717, 1.165) is 24.6 Å². The van der Waals surface area contributed by atoms with E-state index < -0.39 is 0 Å². The molecular formula is C24H32N2O2. The number of carbonyl (C=O) groups is 1. The Morgan fingerprint density at radius 3 is 2.32 bits per heavy atom. The van der Waals surface area contributed by atoms with Crippen LogP contribution in [0, 0.1) is 5.92 Å². The van der Waals surface area contributed by atoms with Gasteiger partial charge in [-0.15, -0.1) is 0 Å². The number of aryl methyl sites for hydroxylation is 1. The molecular weight excluding hydrogens is 348 g/mol. The predicted molar refractivity (Wildman–Crippen MR) is 114 cm³/mol. The second kappa shape index (κ2) is 10.3. The molecule has 4 heteroatoms. The van der Waals surface area contributed by atoms with E-state index in [1.807, 2.05) is 24.3 Å². The average Bonchev–Trinajstić information content (AvgIpc) is 2.73. The summed E-state index contributed by atoms with van der Waals surface area (Å²) >= 11 is 0. The van der Waals surface area contributed by atoms with Crippen molar-refractivity contribution < 1.29 is 9.53 Å². The zero-order chi connectivity index (χ0) is 19.8. The van der Waals surface area contributed by atoms with Gasteiger partial charge in [0.25, 0.3) is 5.91 Å². The molecule has 0 radical (unpaired) electrons. The highest BCUT2D eigenvalue weighted by molar-refractivity contribution is 5.94. The van der Waals surface area contributed by atoms with E-state index in [-0.39, 0.29) is 5.91 Å². The molecule has 0 spiro atoms. The second-order valence-corrected chi connectivity index (χ2v) is 7.76. The van der Waals surface area contributed by atoms with Crippen LogP contribution in [0.25, 0.3) is 0 Å². The first-order chi connectivity index (χ1) is 13.6. The molecule has 1 amide bonds. The molecule has 2 aromatic carbocycles. The first-order valence-corrected chi connectivity index (χ1v) is 10.4. The molecule has 1 heterocycles. The Labute approximate surface area is 168 Å². The molecule has 1 N–H and O–H groups in total. The number of rotatable bonds is 8. The predicted octanol–water partition coefficient (Wildman–Crippen LogP) is 4.29. The zero-order valence-corrected chi connectivity index (χ0v) is 17.1. The van der Waals surface area contributed by atoms with Crippen molar-refractivity contribution >= 4 is 5.91 Å². The van der Waals surface area contributed by atoms with Crippen LogP contribution in [0.4, 0.5) is 0 Å². The molecule has 0 aliphatic carbocycles. The highest BCUT2D eigenvalue weighted by atomic mass is 16.5. The summed E-state index contributed by atoms with van der Waals surface area (Å²) in [5.74, 6) is 1.63. The molecule has 1 aliphatic rings. The summed E-state index contributed by atoms with van der Waals surface area (Å²) in [6, 6.07) is 16.1. The number of hydrogen-bond acceptors (Lipinski definition) is 3. The third-order valence-corrected chi connectivity index (χ3v) is 5.49. The van der Waals surface area contributed by atoms with Crippen molar-refractivity contribution in [3.05, 3.63) is 65.2 Å². The Kier molecular flexibility index (Phi) is 7.49. The Morgan fingerprint density at radius 1 is 1.04 bits per heavy atom. The minimum atomic E-state index is -0.0525. The van der Waals surface area contributed by atoms with Crippen molar-refractivity contribution in [1.29, 1.82) is 0 Å². The second-order valence-electron chi connectivity index (χ2n) is 7.76. The summed E-state index contributed by atoms with van der Waals surface area (Å²) in [5, 5.41) is 2.92. The van der Waals surface area contributed by atoms with Crippen LogP contribution in [0.3, 0.4) is 0 Å². The van der Waals surface area contributed by atoms with E-state index in [4.69, 9.17) is 4.74 Å². The van der Waals surface area contributed by atoms with Gasteiger partial charge in [-0.25, -0.2) is 0 Å². The largest absolute Gasteiger partial charge is 0.492 e. The van der Waals surface area contributed by atoms with Gasteiger partial charge in [0.2, 0.25) is 0 Å². The van der Waals surface area contributed by atoms with Crippen LogP contribution in [0.2, 0.25) is 0 Å². The van der Waals surface area contributed by atoms with E-state index in [0.29, 0.717) is 18.7 Å². The summed E-state index contributed by atoms with van der Waals surface area (Å²) in [6.45, 7) is 8.73. The van der Waals surface area contributed by atoms with E-state index in [1.165, 1.54) is 37.1 Å². The van der Waals surface area contributed by atoms with Gasteiger partial charge in [0.1, 0.15) is 12.4 Å². The maximum absolute atomic E-state index is 12.3. The lowest BCUT2D eigenvalue weighted by Crippen LogP contribution is -2.32. The molecule has 3 rings (SSSR count). The summed E-state index contributed by atoms with van der Waals surface area (Å²) in [6.07, 6.45) is 3.59. The summed E-state index contributed by atoms with van der Waals surface area (Å²) in [7, 11) is 0. The first kappa shape index (κ1) is 20.4. The molecule has 4 nitrogen and oxygen atoms in total. The zero-order valence-electron chi connectivity index (χ0n) is 17.1. The third kappa shape index (κ3) is 6.10. The number of piperidine rings is 1. The van der Waals surface area contributed by atoms with Crippen LogP contribution in [0.5, 0.6) is 5.75 Å². The van der Waals surface area contributed by atoms with Crippen LogP contribution in [-0.4, -0.2) is 37.0 Å². The van der Waals surface area contributed by atoms with Crippen molar-refractivity contribution in [3.63, 3.8) is 0 Å². The maximum Gasteiger partial charge on any atom is 0.251 e. The van der Waals surface area contributed by atoms with Crippen molar-refractivity contribution in [2.24, 2.45) is 5.92 Å². The number of nitrogens with one attached hydrogen (secondary N) is 1. The number of carbonyl (C=O) groups excluding carboxylic acids is 1. The fourth-order valence-electron chi connectivity index (χ4n) is 3.50. The molecule has 150 valence electrons. The number of nitrogens with zero attached hydrogens (tertiary/aromatic N) is 1. The van der Waals surface area contributed by atoms with Gasteiger partial charge in [-0.3, -0.25) is 9.69 Å². The first-order valence-electron chi connectivity index (χ1n) is 10.4. The fraction of sp³-hybridized carbons (Fsp3) is 0.458. The highest BCUT2D eigenvalue weighted by Gasteiger charge is 2.15. The monoisotopic (exact) mass is 380 g/mol. The van der Waals surface area contributed by atoms with Crippen LogP contribution in [0.1, 0.15) is 48.2 Å². The molecule has 1 saturated heterocycles. The van der Waals surface area contributed by atoms with E-state index in [9.17, 15) is 4.79 Å². The summed E-state index contributed by atoms with van der Waals surface area (Å²) in [5.41, 5.74) is 3.26. The van der Waals surface area contributed by atoms with E-state index in [2.05, 4.69) is 48.3 Å². The summed E-state index contributed by atoms with van der Waals surface area (Å²) in [4.78, 5) is 14.8. The Balaban J connectivity index is 1.39. The van der Waals surface area contributed by atoms with E-state index >= 15 is 0 Å². The van der Waals surface area contributed by atoms with Crippen LogP contribution >= 0.6 is 0 Å². The molecule has 0 aromatic heterocycles. The molecule has 0 saturated carbocycles. The molecule has 1 aliphatic heterocycles. The molecule has 0 unspecified atom stereocenters. The topological polar surface area (TPSA) is 41.6 Å². The minimum absolute atomic E-state index is 0.0525. The highest BCUT2D eigenvalue weighted by Crippen LogP contribution is 2.18. The van der Waals surface area contributed by atoms with Gasteiger partial charge in [-0.2, -0.15) is 0 Å². The SMILES string of the molecule is CCc1ccc(OCCNC(=O)c2ccc(CN3CCC(C)CC3)cc2)cc1. The van der Waals surface area contributed by atoms with Gasteiger partial charge in [-0.05, 0) is 73.7 Å². The van der Waals surface area contributed by atoms with Gasteiger partial charge < -0.3 is 10.1 Å². The fourth-order valence-corrected chi connectivity index (χ4v) is 3.50. The lowest BCUT2D eigenvalue weighted by molar-refractivity contribution is 0.0947. The van der Waals surface area contributed by atoms with Gasteiger partial charge in [0.05, 0.1) is 6.54 Å². The minimum Gasteiger partial charge on any atom is -0.492 e. The number of amides is 1. The van der Waals surface area contributed by atoms with Gasteiger partial charge >= 0.3 is 0 Å². The van der Waals surface area contributed by atoms with Gasteiger partial charge in [0.15, 0.2) is 0 Å². The van der Waals surface area contributed by atoms with Crippen molar-refractivity contribution in [1.82, 2.24) is 10.2 Å². The molecule has 2 aromatic rings. The van der Waals surface area contributed by atoms with Gasteiger partial charge in [0, 0.05) is 12.1 Å². The Morgan fingerprint density at radius 2 is 1.68 bits per heavy atom. The number of ether oxygens (including phenoxy) is 1. The molecule has 0 bridgehead atoms. The van der Waals surface area contributed by atoms with Gasteiger partial charge in [-0.1, -0.05) is 38.1 Å². The van der Waals surface area contributed by atoms with Crippen molar-refractivity contribution in [3.8, 4) is 5.75 Å². The standard InChI is InChI=1S/C24H32N2O2/c1-3-20-6-10-23(11-7-20)28-17-14-25-24(27)22-8-4-21(5-9-22)18-26-15-12-19(2)13-16-26/h4-11,19H,3,12-18H2,1-2H3,(H,25,27). The number of likely N-dealkylation sites (tertiary alicyclic amines) is 1. The Bertz CT molecular complexity index is 732. The van der Waals surface area contributed by atoms with Crippen LogP contribution in [0.15, 0.2) is 48.5 Å². The van der Waals surface area contributed by atoms with E-state index in [1.54, 1.807) is 0 Å². The molecule has 1 fully saturated rings. The van der Waals surface area contributed by atoms with Crippen LogP contribution < -0.4 is 10.1 Å². The van der Waals surface area contributed by atoms with Crippen LogP contribution in [-0.2, 0) is 13.0 Å². The molecule has 0 atom stereocenters. The number of hydrogen-bond donors (Lipinski definition) is 1. The quantitative estimate of drug-likeness (QED) is 0.695. The lowest BCUT2D eigenvalue weighted by Gasteiger charge is -2.30. The maximum atomic E-state index is 12.3. The van der Waals surface area contributed by atoms with Crippen molar-refractivity contribution in [2.75, 3.05) is 26.2 Å². The number of benzene rings is 2. The third-order valence-electron chi connectivity index (χ3n) is 5.49. The van der Waals surface area contributed by atoms with Crippen molar-refractivity contribution in [2.45, 2.75) is 39.7 Å².